The van der Waals surface area contributed by atoms with E-state index in [-0.39, 0.29) is 55.3 Å². The fourth-order valence-electron chi connectivity index (χ4n) is 6.77. The van der Waals surface area contributed by atoms with Crippen LogP contribution in [0.15, 0.2) is 60.9 Å². The first-order valence-electron chi connectivity index (χ1n) is 19.6. The number of nitrogens with zero attached hydrogens (tertiary/aromatic N) is 3. The summed E-state index contributed by atoms with van der Waals surface area (Å²) in [4.78, 5) is 79.5. The molecule has 3 heterocycles. The zero-order valence-corrected chi connectivity index (χ0v) is 32.6. The zero-order valence-electron chi connectivity index (χ0n) is 32.6. The summed E-state index contributed by atoms with van der Waals surface area (Å²) in [5, 5.41) is 11.6. The molecule has 5 amide bonds. The minimum absolute atomic E-state index is 0.0804. The highest BCUT2D eigenvalue weighted by Gasteiger charge is 2.34. The Balaban J connectivity index is 1.30. The van der Waals surface area contributed by atoms with Gasteiger partial charge in [-0.1, -0.05) is 38.1 Å². The number of nitrogens with one attached hydrogen (secondary N) is 4. The smallest absolute Gasteiger partial charge is 0.255 e. The summed E-state index contributed by atoms with van der Waals surface area (Å²) in [5.41, 5.74) is 1.66. The van der Waals surface area contributed by atoms with Crippen LogP contribution in [0.2, 0.25) is 0 Å². The van der Waals surface area contributed by atoms with Crippen LogP contribution in [-0.2, 0) is 32.0 Å². The van der Waals surface area contributed by atoms with E-state index < -0.39 is 41.8 Å². The number of rotatable bonds is 10. The van der Waals surface area contributed by atoms with Gasteiger partial charge in [0.25, 0.3) is 5.91 Å². The molecule has 14 heteroatoms. The van der Waals surface area contributed by atoms with Crippen molar-refractivity contribution in [1.29, 1.82) is 0 Å². The van der Waals surface area contributed by atoms with Crippen LogP contribution in [0.4, 0.5) is 0 Å². The van der Waals surface area contributed by atoms with Gasteiger partial charge in [-0.15, -0.1) is 0 Å². The topological polar surface area (TPSA) is 181 Å². The van der Waals surface area contributed by atoms with Gasteiger partial charge >= 0.3 is 0 Å². The Morgan fingerprint density at radius 1 is 0.929 bits per heavy atom. The second-order valence-electron chi connectivity index (χ2n) is 15.7. The molecule has 0 unspecified atom stereocenters. The van der Waals surface area contributed by atoms with E-state index in [1.165, 1.54) is 17.3 Å². The number of fused-ring (bicyclic) bond motifs is 17. The van der Waals surface area contributed by atoms with Gasteiger partial charge in [0, 0.05) is 37.7 Å². The molecule has 2 saturated carbocycles. The molecule has 14 nitrogen and oxygen atoms in total. The summed E-state index contributed by atoms with van der Waals surface area (Å²) in [7, 11) is 1.55. The number of aromatic nitrogens is 2. The SMILES string of the molecule is COc1ccc(C[C@@H]2NC(=O)[C@@H](NC(=O)c3cnc(C4CC4)nc3)Cc3ccc(cc3)OC[C@H](CC(C)C)NC(=O)CN(CC3CC3)C(=O)[C@@H](C)NC2=O)cc1. The van der Waals surface area contributed by atoms with Gasteiger partial charge in [-0.3, -0.25) is 24.0 Å². The maximum atomic E-state index is 14.2. The lowest BCUT2D eigenvalue weighted by Crippen LogP contribution is -2.58. The highest BCUT2D eigenvalue weighted by atomic mass is 16.5. The van der Waals surface area contributed by atoms with Gasteiger partial charge in [0.05, 0.1) is 25.3 Å². The van der Waals surface area contributed by atoms with E-state index in [1.54, 1.807) is 50.4 Å². The van der Waals surface area contributed by atoms with E-state index in [4.69, 9.17) is 9.47 Å². The van der Waals surface area contributed by atoms with E-state index in [0.29, 0.717) is 36.2 Å². The van der Waals surface area contributed by atoms with Gasteiger partial charge < -0.3 is 35.6 Å². The quantitative estimate of drug-likeness (QED) is 0.226. The summed E-state index contributed by atoms with van der Waals surface area (Å²) in [5.74, 6) is 0.324. The molecule has 0 radical (unpaired) electrons. The van der Waals surface area contributed by atoms with Crippen molar-refractivity contribution in [2.24, 2.45) is 11.8 Å². The average Bonchev–Trinajstić information content (AvgIpc) is 4.12. The van der Waals surface area contributed by atoms with Crippen molar-refractivity contribution >= 4 is 29.5 Å². The fraction of sp³-hybridized carbons (Fsp3) is 0.500. The van der Waals surface area contributed by atoms with Crippen LogP contribution < -0.4 is 30.7 Å². The van der Waals surface area contributed by atoms with Crippen molar-refractivity contribution < 1.29 is 33.4 Å². The first kappa shape index (κ1) is 40.1. The third-order valence-electron chi connectivity index (χ3n) is 10.2. The minimum atomic E-state index is -1.13. The van der Waals surface area contributed by atoms with E-state index in [2.05, 4.69) is 45.1 Å². The summed E-state index contributed by atoms with van der Waals surface area (Å²) in [6, 6.07) is 10.7. The predicted molar refractivity (Wildman–Crippen MR) is 208 cm³/mol. The van der Waals surface area contributed by atoms with Crippen LogP contribution >= 0.6 is 0 Å². The third kappa shape index (κ3) is 11.5. The number of carbonyl (C=O) groups excluding carboxylic acids is 5. The Morgan fingerprint density at radius 2 is 1.62 bits per heavy atom. The maximum Gasteiger partial charge on any atom is 0.255 e. The fourth-order valence-corrected chi connectivity index (χ4v) is 6.77. The van der Waals surface area contributed by atoms with E-state index in [9.17, 15) is 24.0 Å². The standard InChI is InChI=1S/C42H53N7O7/c1-25(2)17-32-24-56-34-15-9-28(10-16-34)19-36(47-39(51)31-20-43-38(44-21-31)30-11-12-30)41(53)48-35(18-27-7-13-33(55-4)14-8-27)40(52)45-26(3)42(54)49(22-29-5-6-29)23-37(50)46-32/h7-10,13-16,20-21,25-26,29-30,32,35-36H,5-6,11-12,17-19,22-24H2,1-4H3,(H,45,52)(H,46,50)(H,47,51)(H,48,53)/t26-,32+,35+,36+/m1/s1. The molecular weight excluding hydrogens is 715 g/mol. The summed E-state index contributed by atoms with van der Waals surface area (Å²) < 4.78 is 11.4. The van der Waals surface area contributed by atoms with E-state index >= 15 is 0 Å². The molecule has 0 saturated heterocycles. The molecule has 2 aliphatic heterocycles. The summed E-state index contributed by atoms with van der Waals surface area (Å²) in [6.07, 6.45) is 7.71. The monoisotopic (exact) mass is 767 g/mol. The molecule has 2 bridgehead atoms. The second kappa shape index (κ2) is 18.4. The molecule has 4 atom stereocenters. The van der Waals surface area contributed by atoms with Crippen LogP contribution in [0.1, 0.15) is 86.1 Å². The number of methoxy groups -OCH3 is 1. The van der Waals surface area contributed by atoms with Crippen molar-refractivity contribution in [3.8, 4) is 11.5 Å². The Morgan fingerprint density at radius 3 is 2.25 bits per heavy atom. The number of amides is 5. The Hall–Kier alpha value is -5.53. The Labute approximate surface area is 327 Å². The molecule has 7 rings (SSSR count). The molecule has 4 N–H and O–H groups in total. The van der Waals surface area contributed by atoms with Crippen molar-refractivity contribution in [2.75, 3.05) is 26.8 Å². The number of carbonyl (C=O) groups is 5. The lowest BCUT2D eigenvalue weighted by atomic mass is 10.0. The average molecular weight is 768 g/mol. The second-order valence-corrected chi connectivity index (χ2v) is 15.7. The largest absolute Gasteiger partial charge is 0.497 e. The molecule has 2 aromatic carbocycles. The van der Waals surface area contributed by atoms with E-state index in [0.717, 1.165) is 36.8 Å². The van der Waals surface area contributed by atoms with Gasteiger partial charge in [-0.2, -0.15) is 0 Å². The van der Waals surface area contributed by atoms with Crippen molar-refractivity contribution in [3.05, 3.63) is 83.4 Å². The molecule has 2 aliphatic carbocycles. The molecule has 298 valence electrons. The van der Waals surface area contributed by atoms with Crippen molar-refractivity contribution in [1.82, 2.24) is 36.1 Å². The molecule has 3 aromatic rings. The highest BCUT2D eigenvalue weighted by molar-refractivity contribution is 5.98. The van der Waals surface area contributed by atoms with E-state index in [1.807, 2.05) is 12.1 Å². The first-order chi connectivity index (χ1) is 26.9. The molecule has 56 heavy (non-hydrogen) atoms. The lowest BCUT2D eigenvalue weighted by molar-refractivity contribution is -0.140. The number of ether oxygens (including phenoxy) is 2. The predicted octanol–water partition coefficient (Wildman–Crippen LogP) is 3.10. The van der Waals surface area contributed by atoms with Gasteiger partial charge in [0.1, 0.15) is 42.1 Å². The maximum absolute atomic E-state index is 14.2. The van der Waals surface area contributed by atoms with Crippen LogP contribution in [0.5, 0.6) is 11.5 Å². The number of benzene rings is 2. The number of hydrogen-bond donors (Lipinski definition) is 4. The normalized spacial score (nSPS) is 22.8. The lowest BCUT2D eigenvalue weighted by Gasteiger charge is -2.29. The van der Waals surface area contributed by atoms with Gasteiger partial charge in [0.2, 0.25) is 23.6 Å². The summed E-state index contributed by atoms with van der Waals surface area (Å²) in [6.45, 7) is 6.15. The molecule has 4 aliphatic rings. The zero-order chi connectivity index (χ0) is 39.8. The van der Waals surface area contributed by atoms with Gasteiger partial charge in [-0.05, 0) is 86.3 Å². The third-order valence-corrected chi connectivity index (χ3v) is 10.2. The molecular formula is C42H53N7O7. The Bertz CT molecular complexity index is 1840. The van der Waals surface area contributed by atoms with Gasteiger partial charge in [-0.25, -0.2) is 9.97 Å². The molecule has 0 spiro atoms. The van der Waals surface area contributed by atoms with Crippen LogP contribution in [0.3, 0.4) is 0 Å². The number of hydrogen-bond acceptors (Lipinski definition) is 9. The first-order valence-corrected chi connectivity index (χ1v) is 19.6. The van der Waals surface area contributed by atoms with Gasteiger partial charge in [0.15, 0.2) is 0 Å². The highest BCUT2D eigenvalue weighted by Crippen LogP contribution is 2.37. The van der Waals surface area contributed by atoms with Crippen LogP contribution in [0.25, 0.3) is 0 Å². The molecule has 1 aromatic heterocycles. The van der Waals surface area contributed by atoms with Crippen LogP contribution in [0, 0.1) is 11.8 Å². The Kier molecular flexibility index (Phi) is 13.2. The van der Waals surface area contributed by atoms with Crippen LogP contribution in [-0.4, -0.2) is 95.4 Å². The van der Waals surface area contributed by atoms with Crippen molar-refractivity contribution in [3.63, 3.8) is 0 Å². The van der Waals surface area contributed by atoms with Crippen molar-refractivity contribution in [2.45, 2.75) is 95.8 Å². The molecule has 2 fully saturated rings. The minimum Gasteiger partial charge on any atom is -0.497 e. The summed E-state index contributed by atoms with van der Waals surface area (Å²) >= 11 is 0.